The molecule has 0 spiro atoms. The Morgan fingerprint density at radius 3 is 1.03 bits per heavy atom. The van der Waals surface area contributed by atoms with Crippen LogP contribution in [0.3, 0.4) is 0 Å². The molecule has 0 radical (unpaired) electrons. The van der Waals surface area contributed by atoms with Crippen LogP contribution in [0.5, 0.6) is 11.5 Å². The van der Waals surface area contributed by atoms with Gasteiger partial charge in [0.1, 0.15) is 11.5 Å². The Kier molecular flexibility index (Phi) is 7.21. The van der Waals surface area contributed by atoms with Crippen LogP contribution in [0.2, 0.25) is 0 Å². The van der Waals surface area contributed by atoms with Gasteiger partial charge in [-0.2, -0.15) is 43.9 Å². The van der Waals surface area contributed by atoms with Crippen molar-refractivity contribution in [2.45, 2.75) is 43.5 Å². The van der Waals surface area contributed by atoms with Gasteiger partial charge in [-0.15, -0.1) is 0 Å². The maximum Gasteiger partial charge on any atom is 0.465 e. The van der Waals surface area contributed by atoms with Crippen LogP contribution in [0.25, 0.3) is 0 Å². The molecule has 0 unspecified atom stereocenters. The Labute approximate surface area is 190 Å². The van der Waals surface area contributed by atoms with Crippen molar-refractivity contribution >= 4 is 11.9 Å². The van der Waals surface area contributed by atoms with Gasteiger partial charge in [-0.1, -0.05) is 38.1 Å². The molecule has 2 aromatic rings. The molecular weight excluding hydrogens is 506 g/mol. The molecule has 0 N–H and O–H groups in total. The number of hydrogen-bond donors (Lipinski definition) is 0. The van der Waals surface area contributed by atoms with Crippen LogP contribution in [-0.2, 0) is 15.0 Å². The third-order valence-corrected chi connectivity index (χ3v) is 4.80. The zero-order valence-electron chi connectivity index (χ0n) is 17.5. The second-order valence-corrected chi connectivity index (χ2v) is 7.60. The van der Waals surface area contributed by atoms with E-state index in [0.717, 1.165) is 24.3 Å². The highest BCUT2D eigenvalue weighted by atomic mass is 19.4. The van der Waals surface area contributed by atoms with Crippen molar-refractivity contribution in [3.63, 3.8) is 0 Å². The Balaban J connectivity index is 2.17. The standard InChI is InChI=1S/C21H14F10O4/c1-17(2,11-3-7-13(8-4-11)34-15(32)18(22,23)20(26,27)28)12-5-9-14(10-6-12)35-16(33)19(24,25)21(29,30)31/h3-10H,1-2H3. The first-order chi connectivity index (χ1) is 15.7. The summed E-state index contributed by atoms with van der Waals surface area (Å²) in [6.45, 7) is 3.20. The summed E-state index contributed by atoms with van der Waals surface area (Å²) in [6.07, 6.45) is -12.3. The second-order valence-electron chi connectivity index (χ2n) is 7.60. The van der Waals surface area contributed by atoms with E-state index in [4.69, 9.17) is 0 Å². The first-order valence-electron chi connectivity index (χ1n) is 9.26. The fraction of sp³-hybridized carbons (Fsp3) is 0.333. The SMILES string of the molecule is CC(C)(c1ccc(OC(=O)C(F)(F)C(F)(F)F)cc1)c1ccc(OC(=O)C(F)(F)C(F)(F)F)cc1. The number of rotatable bonds is 6. The number of alkyl halides is 10. The predicted octanol–water partition coefficient (Wildman–Crippen LogP) is 6.22. The molecule has 0 saturated carbocycles. The summed E-state index contributed by atoms with van der Waals surface area (Å²) < 4.78 is 134. The molecule has 2 aromatic carbocycles. The molecule has 192 valence electrons. The average molecular weight is 520 g/mol. The van der Waals surface area contributed by atoms with E-state index >= 15 is 0 Å². The zero-order valence-corrected chi connectivity index (χ0v) is 17.5. The summed E-state index contributed by atoms with van der Waals surface area (Å²) in [4.78, 5) is 22.3. The molecule has 0 aromatic heterocycles. The van der Waals surface area contributed by atoms with E-state index in [0.29, 0.717) is 11.1 Å². The highest BCUT2D eigenvalue weighted by molar-refractivity contribution is 5.81. The smallest absolute Gasteiger partial charge is 0.422 e. The van der Waals surface area contributed by atoms with Crippen molar-refractivity contribution in [3.8, 4) is 11.5 Å². The summed E-state index contributed by atoms with van der Waals surface area (Å²) in [6, 6.07) is 8.79. The Morgan fingerprint density at radius 1 is 0.543 bits per heavy atom. The molecule has 0 atom stereocenters. The lowest BCUT2D eigenvalue weighted by molar-refractivity contribution is -0.276. The monoisotopic (exact) mass is 520 g/mol. The topological polar surface area (TPSA) is 52.6 Å². The van der Waals surface area contributed by atoms with Crippen LogP contribution in [-0.4, -0.2) is 36.1 Å². The van der Waals surface area contributed by atoms with E-state index in [1.807, 2.05) is 0 Å². The fourth-order valence-corrected chi connectivity index (χ4v) is 2.62. The van der Waals surface area contributed by atoms with Crippen LogP contribution in [0.1, 0.15) is 25.0 Å². The lowest BCUT2D eigenvalue weighted by Gasteiger charge is -2.26. The number of carbonyl (C=O) groups excluding carboxylic acids is 2. The van der Waals surface area contributed by atoms with Gasteiger partial charge in [-0.05, 0) is 35.4 Å². The Bertz CT molecular complexity index is 984. The van der Waals surface area contributed by atoms with Crippen LogP contribution in [0, 0.1) is 0 Å². The summed E-state index contributed by atoms with van der Waals surface area (Å²) in [7, 11) is 0. The highest BCUT2D eigenvalue weighted by Gasteiger charge is 2.65. The lowest BCUT2D eigenvalue weighted by Crippen LogP contribution is -2.46. The minimum Gasteiger partial charge on any atom is -0.422 e. The number of esters is 2. The molecule has 0 aliphatic carbocycles. The van der Waals surface area contributed by atoms with Crippen molar-refractivity contribution < 1.29 is 63.0 Å². The molecular formula is C21H14F10O4. The van der Waals surface area contributed by atoms with Crippen LogP contribution in [0.15, 0.2) is 48.5 Å². The first-order valence-corrected chi connectivity index (χ1v) is 9.26. The van der Waals surface area contributed by atoms with Gasteiger partial charge in [0, 0.05) is 5.41 Å². The van der Waals surface area contributed by atoms with Crippen molar-refractivity contribution in [2.75, 3.05) is 0 Å². The fourth-order valence-electron chi connectivity index (χ4n) is 2.62. The quantitative estimate of drug-likeness (QED) is 0.258. The zero-order chi connectivity index (χ0) is 27.0. The number of halogens is 10. The van der Waals surface area contributed by atoms with Gasteiger partial charge in [0.15, 0.2) is 0 Å². The minimum absolute atomic E-state index is 0.410. The highest BCUT2D eigenvalue weighted by Crippen LogP contribution is 2.39. The van der Waals surface area contributed by atoms with E-state index < -0.39 is 53.1 Å². The number of hydrogen-bond acceptors (Lipinski definition) is 4. The summed E-state index contributed by atoms with van der Waals surface area (Å²) >= 11 is 0. The summed E-state index contributed by atoms with van der Waals surface area (Å²) in [5.74, 6) is -18.3. The minimum atomic E-state index is -6.14. The maximum absolute atomic E-state index is 13.0. The van der Waals surface area contributed by atoms with Gasteiger partial charge < -0.3 is 9.47 Å². The first kappa shape index (κ1) is 27.9. The van der Waals surface area contributed by atoms with Crippen LogP contribution < -0.4 is 9.47 Å². The number of ether oxygens (including phenoxy) is 2. The molecule has 0 heterocycles. The molecule has 35 heavy (non-hydrogen) atoms. The Hall–Kier alpha value is -3.32. The third kappa shape index (κ3) is 5.68. The third-order valence-electron chi connectivity index (χ3n) is 4.80. The molecule has 2 rings (SSSR count). The van der Waals surface area contributed by atoms with Crippen LogP contribution >= 0.6 is 0 Å². The lowest BCUT2D eigenvalue weighted by atomic mass is 9.78. The largest absolute Gasteiger partial charge is 0.465 e. The van der Waals surface area contributed by atoms with Gasteiger partial charge in [-0.3, -0.25) is 0 Å². The molecule has 0 amide bonds. The summed E-state index contributed by atoms with van der Waals surface area (Å²) in [5.41, 5.74) is -0.127. The second kappa shape index (κ2) is 9.04. The molecule has 0 saturated heterocycles. The van der Waals surface area contributed by atoms with Crippen molar-refractivity contribution in [1.29, 1.82) is 0 Å². The van der Waals surface area contributed by atoms with E-state index in [1.54, 1.807) is 13.8 Å². The molecule has 14 heteroatoms. The van der Waals surface area contributed by atoms with Gasteiger partial charge in [0.2, 0.25) is 0 Å². The van der Waals surface area contributed by atoms with E-state index in [9.17, 15) is 53.5 Å². The van der Waals surface area contributed by atoms with Gasteiger partial charge >= 0.3 is 36.1 Å². The molecule has 0 fully saturated rings. The molecule has 0 bridgehead atoms. The van der Waals surface area contributed by atoms with Crippen molar-refractivity contribution in [1.82, 2.24) is 0 Å². The van der Waals surface area contributed by atoms with Crippen LogP contribution in [0.4, 0.5) is 43.9 Å². The van der Waals surface area contributed by atoms with E-state index in [-0.39, 0.29) is 0 Å². The van der Waals surface area contributed by atoms with E-state index in [2.05, 4.69) is 9.47 Å². The number of benzene rings is 2. The molecule has 0 aliphatic heterocycles. The normalized spacial score (nSPS) is 13.4. The van der Waals surface area contributed by atoms with Gasteiger partial charge in [0.05, 0.1) is 0 Å². The maximum atomic E-state index is 13.0. The Morgan fingerprint density at radius 2 is 0.800 bits per heavy atom. The summed E-state index contributed by atoms with van der Waals surface area (Å²) in [5, 5.41) is 0. The molecule has 4 nitrogen and oxygen atoms in total. The predicted molar refractivity (Wildman–Crippen MR) is 98.3 cm³/mol. The number of carbonyl (C=O) groups is 2. The van der Waals surface area contributed by atoms with Gasteiger partial charge in [-0.25, -0.2) is 9.59 Å². The van der Waals surface area contributed by atoms with E-state index in [1.165, 1.54) is 24.3 Å². The van der Waals surface area contributed by atoms with Crippen molar-refractivity contribution in [2.24, 2.45) is 0 Å². The molecule has 0 aliphatic rings. The van der Waals surface area contributed by atoms with Gasteiger partial charge in [0.25, 0.3) is 0 Å². The van der Waals surface area contributed by atoms with Crippen molar-refractivity contribution in [3.05, 3.63) is 59.7 Å². The average Bonchev–Trinajstić information content (AvgIpc) is 2.72.